The number of aliphatic carboxylic acids is 1. The maximum absolute atomic E-state index is 10.7. The van der Waals surface area contributed by atoms with E-state index in [0.717, 1.165) is 32.9 Å². The van der Waals surface area contributed by atoms with Crippen LogP contribution in [0.1, 0.15) is 5.56 Å². The Morgan fingerprint density at radius 2 is 1.95 bits per heavy atom. The molecule has 0 aliphatic carbocycles. The van der Waals surface area contributed by atoms with Crippen molar-refractivity contribution in [3.63, 3.8) is 0 Å². The van der Waals surface area contributed by atoms with Crippen molar-refractivity contribution in [2.45, 2.75) is 0 Å². The number of nitrogens with two attached hydrogens (primary N) is 2. The van der Waals surface area contributed by atoms with Gasteiger partial charge in [-0.2, -0.15) is 0 Å². The largest absolute Gasteiger partial charge is 0.478 e. The summed E-state index contributed by atoms with van der Waals surface area (Å²) in [7, 11) is 0. The van der Waals surface area contributed by atoms with Crippen LogP contribution >= 0.6 is 11.3 Å². The number of nitrogens with zero attached hydrogens (tertiary/aromatic N) is 1. The van der Waals surface area contributed by atoms with Gasteiger partial charge >= 0.3 is 5.97 Å². The Morgan fingerprint density at radius 3 is 2.64 bits per heavy atom. The number of rotatable bonds is 3. The third-order valence-electron chi connectivity index (χ3n) is 3.28. The maximum atomic E-state index is 10.7. The summed E-state index contributed by atoms with van der Waals surface area (Å²) in [6, 6.07) is 7.51. The second kappa shape index (κ2) is 5.50. The molecule has 0 aliphatic rings. The summed E-state index contributed by atoms with van der Waals surface area (Å²) in [4.78, 5) is 14.9. The van der Waals surface area contributed by atoms with Crippen LogP contribution in [-0.2, 0) is 4.79 Å². The van der Waals surface area contributed by atoms with Gasteiger partial charge in [0.15, 0.2) is 0 Å². The summed E-state index contributed by atoms with van der Waals surface area (Å²) in [6.07, 6.45) is 4.20. The molecular weight excluding hydrogens is 298 g/mol. The predicted molar refractivity (Wildman–Crippen MR) is 90.6 cm³/mol. The van der Waals surface area contributed by atoms with Gasteiger partial charge in [0, 0.05) is 39.2 Å². The average Bonchev–Trinajstić information content (AvgIpc) is 2.93. The van der Waals surface area contributed by atoms with Crippen molar-refractivity contribution in [1.29, 1.82) is 0 Å². The Bertz CT molecular complexity index is 882. The normalized spacial score (nSPS) is 11.3. The Hall–Kier alpha value is -2.86. The predicted octanol–water partition coefficient (Wildman–Crippen LogP) is 3.23. The summed E-state index contributed by atoms with van der Waals surface area (Å²) in [5.41, 5.74) is 15.1. The Kier molecular flexibility index (Phi) is 3.52. The van der Waals surface area contributed by atoms with E-state index in [9.17, 15) is 4.79 Å². The molecule has 0 radical (unpaired) electrons. The number of benzene rings is 1. The number of aromatic nitrogens is 1. The Morgan fingerprint density at radius 1 is 1.23 bits per heavy atom. The van der Waals surface area contributed by atoms with E-state index >= 15 is 0 Å². The Labute approximate surface area is 130 Å². The number of thiophene rings is 1. The number of anilines is 2. The summed E-state index contributed by atoms with van der Waals surface area (Å²) < 4.78 is 0.914. The SMILES string of the molecule is Nc1ccc(-c2csc3c(/C=C/C(=O)O)cnc(N)c23)cc1. The zero-order chi connectivity index (χ0) is 15.7. The fourth-order valence-corrected chi connectivity index (χ4v) is 3.32. The minimum absolute atomic E-state index is 0.426. The first-order chi connectivity index (χ1) is 10.6. The first-order valence-electron chi connectivity index (χ1n) is 6.49. The smallest absolute Gasteiger partial charge is 0.328 e. The molecule has 0 saturated carbocycles. The minimum atomic E-state index is -1.000. The van der Waals surface area contributed by atoms with Crippen molar-refractivity contribution in [2.24, 2.45) is 0 Å². The number of pyridine rings is 1. The lowest BCUT2D eigenvalue weighted by Crippen LogP contribution is -1.93. The van der Waals surface area contributed by atoms with Crippen LogP contribution < -0.4 is 11.5 Å². The van der Waals surface area contributed by atoms with Crippen molar-refractivity contribution < 1.29 is 9.90 Å². The van der Waals surface area contributed by atoms with Crippen LogP contribution in [-0.4, -0.2) is 16.1 Å². The second-order valence-corrected chi connectivity index (χ2v) is 5.63. The van der Waals surface area contributed by atoms with Gasteiger partial charge in [-0.05, 0) is 29.2 Å². The fourth-order valence-electron chi connectivity index (χ4n) is 2.24. The van der Waals surface area contributed by atoms with Crippen LogP contribution in [0.25, 0.3) is 27.3 Å². The number of carboxylic acid groups (broad SMARTS) is 1. The fraction of sp³-hybridized carbons (Fsp3) is 0. The molecule has 0 fully saturated rings. The molecule has 0 aliphatic heterocycles. The quantitative estimate of drug-likeness (QED) is 0.509. The van der Waals surface area contributed by atoms with E-state index < -0.39 is 5.97 Å². The molecule has 1 aromatic carbocycles. The van der Waals surface area contributed by atoms with Crippen molar-refractivity contribution in [3.05, 3.63) is 47.5 Å². The molecule has 22 heavy (non-hydrogen) atoms. The number of fused-ring (bicyclic) bond motifs is 1. The molecule has 0 unspecified atom stereocenters. The molecule has 3 rings (SSSR count). The highest BCUT2D eigenvalue weighted by atomic mass is 32.1. The van der Waals surface area contributed by atoms with E-state index in [4.69, 9.17) is 16.6 Å². The standard InChI is InChI=1S/C16H13N3O2S/c17-11-4-1-9(2-5-11)12-8-22-15-10(3-6-13(20)21)7-19-16(18)14(12)15/h1-8H,17H2,(H2,18,19)(H,20,21)/b6-3+. The van der Waals surface area contributed by atoms with E-state index in [1.165, 1.54) is 17.4 Å². The van der Waals surface area contributed by atoms with Gasteiger partial charge in [-0.3, -0.25) is 0 Å². The number of hydrogen-bond acceptors (Lipinski definition) is 5. The third kappa shape index (κ3) is 2.51. The summed E-state index contributed by atoms with van der Waals surface area (Å²) in [5, 5.41) is 11.6. The molecule has 0 saturated heterocycles. The zero-order valence-electron chi connectivity index (χ0n) is 11.5. The van der Waals surface area contributed by atoms with Crippen molar-refractivity contribution >= 4 is 45.0 Å². The first kappa shape index (κ1) is 14.1. The van der Waals surface area contributed by atoms with Gasteiger partial charge in [0.2, 0.25) is 0 Å². The van der Waals surface area contributed by atoms with Crippen molar-refractivity contribution in [2.75, 3.05) is 11.5 Å². The number of nitrogen functional groups attached to an aromatic ring is 2. The number of carboxylic acids is 1. The lowest BCUT2D eigenvalue weighted by molar-refractivity contribution is -0.131. The van der Waals surface area contributed by atoms with E-state index in [0.29, 0.717) is 11.5 Å². The zero-order valence-corrected chi connectivity index (χ0v) is 12.3. The molecule has 6 heteroatoms. The van der Waals surface area contributed by atoms with Gasteiger partial charge in [0.1, 0.15) is 5.82 Å². The highest BCUT2D eigenvalue weighted by Gasteiger charge is 2.13. The van der Waals surface area contributed by atoms with Gasteiger partial charge < -0.3 is 16.6 Å². The van der Waals surface area contributed by atoms with E-state index in [-0.39, 0.29) is 0 Å². The minimum Gasteiger partial charge on any atom is -0.478 e. The van der Waals surface area contributed by atoms with Gasteiger partial charge in [0.05, 0.1) is 0 Å². The van der Waals surface area contributed by atoms with Crippen LogP contribution in [0.15, 0.2) is 41.9 Å². The maximum Gasteiger partial charge on any atom is 0.328 e. The number of carbonyl (C=O) groups is 1. The molecular formula is C16H13N3O2S. The molecule has 110 valence electrons. The molecule has 0 amide bonds. The second-order valence-electron chi connectivity index (χ2n) is 4.75. The van der Waals surface area contributed by atoms with Crippen LogP contribution in [0.5, 0.6) is 0 Å². The molecule has 2 heterocycles. The topological polar surface area (TPSA) is 102 Å². The summed E-state index contributed by atoms with van der Waals surface area (Å²) >= 11 is 1.51. The van der Waals surface area contributed by atoms with Crippen LogP contribution in [0.2, 0.25) is 0 Å². The molecule has 3 aromatic rings. The van der Waals surface area contributed by atoms with E-state index in [2.05, 4.69) is 4.98 Å². The Balaban J connectivity index is 2.20. The van der Waals surface area contributed by atoms with Gasteiger partial charge in [-0.25, -0.2) is 9.78 Å². The van der Waals surface area contributed by atoms with Gasteiger partial charge in [-0.1, -0.05) is 12.1 Å². The molecule has 5 nitrogen and oxygen atoms in total. The highest BCUT2D eigenvalue weighted by Crippen LogP contribution is 2.38. The molecule has 0 bridgehead atoms. The summed E-state index contributed by atoms with van der Waals surface area (Å²) in [6.45, 7) is 0. The molecule has 0 spiro atoms. The first-order valence-corrected chi connectivity index (χ1v) is 7.37. The van der Waals surface area contributed by atoms with Gasteiger partial charge in [-0.15, -0.1) is 11.3 Å². The van der Waals surface area contributed by atoms with Crippen LogP contribution in [0.4, 0.5) is 11.5 Å². The number of hydrogen-bond donors (Lipinski definition) is 3. The molecule has 5 N–H and O–H groups in total. The van der Waals surface area contributed by atoms with Crippen molar-refractivity contribution in [3.8, 4) is 11.1 Å². The monoisotopic (exact) mass is 311 g/mol. The molecule has 0 atom stereocenters. The lowest BCUT2D eigenvalue weighted by atomic mass is 10.0. The molecule has 2 aromatic heterocycles. The van der Waals surface area contributed by atoms with Crippen LogP contribution in [0.3, 0.4) is 0 Å². The lowest BCUT2D eigenvalue weighted by Gasteiger charge is -2.04. The van der Waals surface area contributed by atoms with E-state index in [1.54, 1.807) is 6.20 Å². The third-order valence-corrected chi connectivity index (χ3v) is 4.31. The van der Waals surface area contributed by atoms with Crippen LogP contribution in [0, 0.1) is 0 Å². The van der Waals surface area contributed by atoms with Crippen molar-refractivity contribution in [1.82, 2.24) is 4.98 Å². The van der Waals surface area contributed by atoms with E-state index in [1.807, 2.05) is 29.6 Å². The highest BCUT2D eigenvalue weighted by molar-refractivity contribution is 7.18. The average molecular weight is 311 g/mol. The van der Waals surface area contributed by atoms with Gasteiger partial charge in [0.25, 0.3) is 0 Å². The summed E-state index contributed by atoms with van der Waals surface area (Å²) in [5.74, 6) is -0.573.